The van der Waals surface area contributed by atoms with Crippen LogP contribution in [0.3, 0.4) is 0 Å². The predicted molar refractivity (Wildman–Crippen MR) is 105 cm³/mol. The van der Waals surface area contributed by atoms with Crippen LogP contribution in [0.2, 0.25) is 0 Å². The first-order chi connectivity index (χ1) is 13.9. The van der Waals surface area contributed by atoms with Crippen LogP contribution < -0.4 is 21.1 Å². The van der Waals surface area contributed by atoms with Crippen LogP contribution in [-0.2, 0) is 11.3 Å². The molecule has 2 aromatic rings. The number of anilines is 1. The molecule has 4 rings (SSSR count). The Hall–Kier alpha value is -4.06. The van der Waals surface area contributed by atoms with E-state index in [9.17, 15) is 14.4 Å². The molecular weight excluding hydrogens is 374 g/mol. The predicted octanol–water partition coefficient (Wildman–Crippen LogP) is 0.504. The molecule has 9 nitrogen and oxygen atoms in total. The smallest absolute Gasteiger partial charge is 0.323 e. The van der Waals surface area contributed by atoms with Crippen LogP contribution in [0.15, 0.2) is 36.5 Å². The van der Waals surface area contributed by atoms with E-state index in [1.807, 2.05) is 0 Å². The number of imide groups is 1. The summed E-state index contributed by atoms with van der Waals surface area (Å²) in [6.45, 7) is 0.174. The molecule has 0 spiro atoms. The number of fused-ring (bicyclic) bond motifs is 1. The van der Waals surface area contributed by atoms with Gasteiger partial charge in [0.1, 0.15) is 11.6 Å². The quantitative estimate of drug-likeness (QED) is 0.515. The maximum absolute atomic E-state index is 12.9. The monoisotopic (exact) mass is 393 g/mol. The second-order valence-electron chi connectivity index (χ2n) is 6.68. The minimum atomic E-state index is -1.60. The number of nitrogen functional groups attached to an aromatic ring is 1. The molecule has 0 saturated carbocycles. The SMILES string of the molecule is COc1ccc2c(c1)C(=O)N(C[C@@]1(C#Cc3cccnc3N)NC(=O)NC1=O)C2.[HH]. The molecule has 2 aliphatic rings. The lowest BCUT2D eigenvalue weighted by Gasteiger charge is -2.26. The van der Waals surface area contributed by atoms with Gasteiger partial charge in [-0.15, -0.1) is 0 Å². The summed E-state index contributed by atoms with van der Waals surface area (Å²) in [7, 11) is 1.52. The second kappa shape index (κ2) is 6.83. The maximum Gasteiger partial charge on any atom is 0.323 e. The van der Waals surface area contributed by atoms with Crippen molar-refractivity contribution >= 4 is 23.7 Å². The van der Waals surface area contributed by atoms with E-state index < -0.39 is 17.5 Å². The number of carbonyl (C=O) groups is 3. The molecule has 1 atom stereocenters. The zero-order valence-electron chi connectivity index (χ0n) is 15.5. The van der Waals surface area contributed by atoms with E-state index in [4.69, 9.17) is 10.5 Å². The third-order valence-electron chi connectivity index (χ3n) is 4.81. The number of nitrogens with two attached hydrogens (primary N) is 1. The van der Waals surface area contributed by atoms with E-state index in [0.717, 1.165) is 5.56 Å². The molecule has 1 aromatic heterocycles. The fourth-order valence-corrected chi connectivity index (χ4v) is 3.31. The van der Waals surface area contributed by atoms with Crippen molar-refractivity contribution in [3.63, 3.8) is 0 Å². The highest BCUT2D eigenvalue weighted by Crippen LogP contribution is 2.28. The number of carbonyl (C=O) groups excluding carboxylic acids is 3. The number of aromatic nitrogens is 1. The number of rotatable bonds is 3. The van der Waals surface area contributed by atoms with Gasteiger partial charge >= 0.3 is 6.03 Å². The average Bonchev–Trinajstić information content (AvgIpc) is 3.16. The molecule has 9 heteroatoms. The highest BCUT2D eigenvalue weighted by molar-refractivity contribution is 6.10. The molecular formula is C20H19N5O4. The maximum atomic E-state index is 12.9. The topological polar surface area (TPSA) is 127 Å². The highest BCUT2D eigenvalue weighted by Gasteiger charge is 2.48. The van der Waals surface area contributed by atoms with Gasteiger partial charge in [0.2, 0.25) is 5.54 Å². The third kappa shape index (κ3) is 3.21. The van der Waals surface area contributed by atoms with Crippen molar-refractivity contribution in [3.8, 4) is 17.6 Å². The van der Waals surface area contributed by atoms with Gasteiger partial charge in [0.05, 0.1) is 19.2 Å². The summed E-state index contributed by atoms with van der Waals surface area (Å²) in [5.41, 5.74) is 5.92. The Morgan fingerprint density at radius 3 is 2.86 bits per heavy atom. The molecule has 4 amide bonds. The van der Waals surface area contributed by atoms with Gasteiger partial charge in [0, 0.05) is 19.7 Å². The molecule has 29 heavy (non-hydrogen) atoms. The molecule has 0 bridgehead atoms. The van der Waals surface area contributed by atoms with Crippen molar-refractivity contribution in [1.29, 1.82) is 0 Å². The highest BCUT2D eigenvalue weighted by atomic mass is 16.5. The van der Waals surface area contributed by atoms with Crippen LogP contribution in [-0.4, -0.2) is 46.9 Å². The molecule has 0 radical (unpaired) electrons. The summed E-state index contributed by atoms with van der Waals surface area (Å²) in [5, 5.41) is 4.74. The van der Waals surface area contributed by atoms with Crippen LogP contribution in [0.1, 0.15) is 22.9 Å². The zero-order chi connectivity index (χ0) is 20.6. The number of urea groups is 1. The lowest BCUT2D eigenvalue weighted by atomic mass is 9.99. The van der Waals surface area contributed by atoms with Gasteiger partial charge in [-0.05, 0) is 29.8 Å². The molecule has 1 saturated heterocycles. The van der Waals surface area contributed by atoms with Crippen LogP contribution in [0.4, 0.5) is 10.6 Å². The van der Waals surface area contributed by atoms with Crippen molar-refractivity contribution in [2.24, 2.45) is 0 Å². The van der Waals surface area contributed by atoms with Crippen LogP contribution in [0.5, 0.6) is 5.75 Å². The minimum absolute atomic E-state index is 0. The van der Waals surface area contributed by atoms with Gasteiger partial charge < -0.3 is 20.7 Å². The largest absolute Gasteiger partial charge is 0.497 e. The number of pyridine rings is 1. The summed E-state index contributed by atoms with van der Waals surface area (Å²) in [5.74, 6) is 5.47. The molecule has 2 aliphatic heterocycles. The number of ether oxygens (including phenoxy) is 1. The third-order valence-corrected chi connectivity index (χ3v) is 4.81. The van der Waals surface area contributed by atoms with Crippen molar-refractivity contribution in [2.45, 2.75) is 12.1 Å². The molecule has 1 fully saturated rings. The Kier molecular flexibility index (Phi) is 4.31. The lowest BCUT2D eigenvalue weighted by Crippen LogP contribution is -2.54. The Morgan fingerprint density at radius 1 is 1.34 bits per heavy atom. The van der Waals surface area contributed by atoms with Gasteiger partial charge in [-0.2, -0.15) is 0 Å². The van der Waals surface area contributed by atoms with Crippen LogP contribution in [0.25, 0.3) is 0 Å². The van der Waals surface area contributed by atoms with E-state index >= 15 is 0 Å². The molecule has 4 N–H and O–H groups in total. The molecule has 3 heterocycles. The van der Waals surface area contributed by atoms with E-state index in [1.165, 1.54) is 18.2 Å². The van der Waals surface area contributed by atoms with Gasteiger partial charge in [0.25, 0.3) is 11.8 Å². The number of benzene rings is 1. The first kappa shape index (κ1) is 18.3. The fraction of sp³-hybridized carbons (Fsp3) is 0.200. The summed E-state index contributed by atoms with van der Waals surface area (Å²) >= 11 is 0. The number of amides is 4. The fourth-order valence-electron chi connectivity index (χ4n) is 3.31. The van der Waals surface area contributed by atoms with Gasteiger partial charge in [-0.25, -0.2) is 9.78 Å². The molecule has 148 valence electrons. The van der Waals surface area contributed by atoms with Gasteiger partial charge in [-0.3, -0.25) is 14.9 Å². The van der Waals surface area contributed by atoms with Crippen molar-refractivity contribution in [1.82, 2.24) is 20.5 Å². The number of hydrogen-bond acceptors (Lipinski definition) is 6. The van der Waals surface area contributed by atoms with E-state index in [2.05, 4.69) is 27.5 Å². The van der Waals surface area contributed by atoms with Crippen LogP contribution >= 0.6 is 0 Å². The number of hydrogen-bond donors (Lipinski definition) is 3. The zero-order valence-corrected chi connectivity index (χ0v) is 15.5. The number of nitrogens with one attached hydrogen (secondary N) is 2. The number of methoxy groups -OCH3 is 1. The van der Waals surface area contributed by atoms with Crippen LogP contribution in [0, 0.1) is 11.8 Å². The first-order valence-electron chi connectivity index (χ1n) is 8.75. The summed E-state index contributed by atoms with van der Waals surface area (Å²) in [6.07, 6.45) is 1.52. The van der Waals surface area contributed by atoms with Gasteiger partial charge in [0.15, 0.2) is 0 Å². The van der Waals surface area contributed by atoms with Crippen molar-refractivity contribution in [2.75, 3.05) is 19.4 Å². The molecule has 1 aromatic carbocycles. The lowest BCUT2D eigenvalue weighted by molar-refractivity contribution is -0.122. The second-order valence-corrected chi connectivity index (χ2v) is 6.68. The molecule has 0 aliphatic carbocycles. The summed E-state index contributed by atoms with van der Waals surface area (Å²) in [4.78, 5) is 42.7. The van der Waals surface area contributed by atoms with Crippen molar-refractivity contribution in [3.05, 3.63) is 53.2 Å². The average molecular weight is 393 g/mol. The summed E-state index contributed by atoms with van der Waals surface area (Å²) in [6, 6.07) is 7.86. The standard InChI is InChI=1S/C20H17N5O4.H2/c1-29-14-5-4-13-10-25(17(26)15(13)9-14)11-20(18(27)23-19(28)24-20)7-6-12-3-2-8-22-16(12)21;/h2-5,8-9H,10-11H2,1H3,(H2,21,22)(H2,23,24,27,28);1H/t20-;/m1./s1. The normalized spacial score (nSPS) is 19.9. The number of nitrogens with zero attached hydrogens (tertiary/aromatic N) is 2. The minimum Gasteiger partial charge on any atom is -0.497 e. The Labute approximate surface area is 167 Å². The van der Waals surface area contributed by atoms with E-state index in [0.29, 0.717) is 23.4 Å². The molecule has 0 unspecified atom stereocenters. The first-order valence-corrected chi connectivity index (χ1v) is 8.75. The Bertz CT molecular complexity index is 1110. The Balaban J connectivity index is 0.00000256. The van der Waals surface area contributed by atoms with E-state index in [-0.39, 0.29) is 19.7 Å². The van der Waals surface area contributed by atoms with Crippen molar-refractivity contribution < 1.29 is 20.5 Å². The summed E-state index contributed by atoms with van der Waals surface area (Å²) < 4.78 is 5.17. The van der Waals surface area contributed by atoms with E-state index in [1.54, 1.807) is 30.3 Å². The Morgan fingerprint density at radius 2 is 2.17 bits per heavy atom. The van der Waals surface area contributed by atoms with Gasteiger partial charge in [-0.1, -0.05) is 17.9 Å².